The van der Waals surface area contributed by atoms with Gasteiger partial charge in [-0.25, -0.2) is 19.2 Å². The predicted molar refractivity (Wildman–Crippen MR) is 87.8 cm³/mol. The molecule has 2 aromatic rings. The topological polar surface area (TPSA) is 76.6 Å². The van der Waals surface area contributed by atoms with E-state index in [0.29, 0.717) is 37.8 Å². The Bertz CT molecular complexity index is 726. The number of amides is 2. The molecule has 132 valence electrons. The minimum atomic E-state index is -0.297. The van der Waals surface area contributed by atoms with Gasteiger partial charge >= 0.3 is 6.03 Å². The van der Waals surface area contributed by atoms with Crippen LogP contribution in [0.5, 0.6) is 11.8 Å². The van der Waals surface area contributed by atoms with Crippen molar-refractivity contribution in [3.05, 3.63) is 48.0 Å². The summed E-state index contributed by atoms with van der Waals surface area (Å²) in [5.74, 6) is 0.347. The Morgan fingerprint density at radius 2 is 2.00 bits per heavy atom. The van der Waals surface area contributed by atoms with Crippen molar-refractivity contribution in [3.63, 3.8) is 0 Å². The number of benzene rings is 1. The number of urea groups is 1. The summed E-state index contributed by atoms with van der Waals surface area (Å²) in [6.45, 7) is 1.39. The van der Waals surface area contributed by atoms with E-state index in [1.807, 2.05) is 0 Å². The van der Waals surface area contributed by atoms with Crippen LogP contribution in [0.4, 0.5) is 9.18 Å². The number of carbonyl (C=O) groups excluding carboxylic acids is 1. The molecular weight excluding hydrogens is 327 g/mol. The lowest BCUT2D eigenvalue weighted by atomic mass is 10.2. The van der Waals surface area contributed by atoms with E-state index < -0.39 is 0 Å². The third-order valence-corrected chi connectivity index (χ3v) is 3.89. The molecule has 1 fully saturated rings. The van der Waals surface area contributed by atoms with Gasteiger partial charge in [0, 0.05) is 31.9 Å². The van der Waals surface area contributed by atoms with Crippen LogP contribution in [0.3, 0.4) is 0 Å². The van der Waals surface area contributed by atoms with E-state index in [0.717, 1.165) is 5.56 Å². The Balaban J connectivity index is 1.50. The van der Waals surface area contributed by atoms with Crippen molar-refractivity contribution in [2.45, 2.75) is 19.1 Å². The van der Waals surface area contributed by atoms with Crippen molar-refractivity contribution >= 4 is 6.03 Å². The standard InChI is InChI=1S/C17H19FN4O3/c1-24-15-16(20-8-7-19-15)25-14-6-9-22(11-14)17(23)21-10-12-2-4-13(18)5-3-12/h2-5,7-8,14H,6,9-11H2,1H3,(H,21,23)/t14-/m0/s1. The number of hydrogen-bond donors (Lipinski definition) is 1. The van der Waals surface area contributed by atoms with Crippen LogP contribution in [0.15, 0.2) is 36.7 Å². The van der Waals surface area contributed by atoms with Crippen molar-refractivity contribution in [1.82, 2.24) is 20.2 Å². The zero-order valence-corrected chi connectivity index (χ0v) is 13.8. The maximum atomic E-state index is 12.9. The molecule has 1 saturated heterocycles. The molecule has 0 radical (unpaired) electrons. The first-order valence-electron chi connectivity index (χ1n) is 7.94. The number of ether oxygens (including phenoxy) is 2. The number of halogens is 1. The van der Waals surface area contributed by atoms with Crippen molar-refractivity contribution in [2.75, 3.05) is 20.2 Å². The average molecular weight is 346 g/mol. The Kier molecular flexibility index (Phi) is 5.27. The van der Waals surface area contributed by atoms with Crippen LogP contribution in [-0.4, -0.2) is 47.2 Å². The Morgan fingerprint density at radius 3 is 2.72 bits per heavy atom. The fourth-order valence-electron chi connectivity index (χ4n) is 2.59. The molecule has 1 aliphatic heterocycles. The molecule has 1 atom stereocenters. The fraction of sp³-hybridized carbons (Fsp3) is 0.353. The predicted octanol–water partition coefficient (Wildman–Crippen LogP) is 1.99. The largest absolute Gasteiger partial charge is 0.477 e. The minimum Gasteiger partial charge on any atom is -0.477 e. The molecule has 0 aliphatic carbocycles. The number of nitrogens with zero attached hydrogens (tertiary/aromatic N) is 3. The van der Waals surface area contributed by atoms with Gasteiger partial charge in [-0.05, 0) is 17.7 Å². The molecule has 1 N–H and O–H groups in total. The van der Waals surface area contributed by atoms with Crippen LogP contribution in [-0.2, 0) is 6.54 Å². The second kappa shape index (κ2) is 7.78. The number of hydrogen-bond acceptors (Lipinski definition) is 5. The highest BCUT2D eigenvalue weighted by molar-refractivity contribution is 5.74. The number of likely N-dealkylation sites (tertiary alicyclic amines) is 1. The molecule has 1 aromatic heterocycles. The Hall–Kier alpha value is -2.90. The number of aromatic nitrogens is 2. The van der Waals surface area contributed by atoms with E-state index in [9.17, 15) is 9.18 Å². The van der Waals surface area contributed by atoms with Gasteiger partial charge in [0.1, 0.15) is 11.9 Å². The molecule has 0 unspecified atom stereocenters. The first kappa shape index (κ1) is 16.9. The lowest BCUT2D eigenvalue weighted by Crippen LogP contribution is -2.39. The van der Waals surface area contributed by atoms with Crippen molar-refractivity contribution in [3.8, 4) is 11.8 Å². The van der Waals surface area contributed by atoms with Crippen LogP contribution >= 0.6 is 0 Å². The number of nitrogens with one attached hydrogen (secondary N) is 1. The molecule has 0 bridgehead atoms. The number of carbonyl (C=O) groups is 1. The van der Waals surface area contributed by atoms with Gasteiger partial charge in [0.25, 0.3) is 11.8 Å². The van der Waals surface area contributed by atoms with Gasteiger partial charge in [-0.1, -0.05) is 12.1 Å². The van der Waals surface area contributed by atoms with Crippen LogP contribution < -0.4 is 14.8 Å². The molecule has 25 heavy (non-hydrogen) atoms. The highest BCUT2D eigenvalue weighted by Crippen LogP contribution is 2.23. The van der Waals surface area contributed by atoms with Gasteiger partial charge in [-0.3, -0.25) is 0 Å². The van der Waals surface area contributed by atoms with E-state index in [-0.39, 0.29) is 18.0 Å². The zero-order valence-electron chi connectivity index (χ0n) is 13.8. The monoisotopic (exact) mass is 346 g/mol. The van der Waals surface area contributed by atoms with Crippen molar-refractivity contribution in [1.29, 1.82) is 0 Å². The van der Waals surface area contributed by atoms with E-state index in [4.69, 9.17) is 9.47 Å². The lowest BCUT2D eigenvalue weighted by molar-refractivity contribution is 0.177. The molecule has 7 nitrogen and oxygen atoms in total. The third kappa shape index (κ3) is 4.34. The van der Waals surface area contributed by atoms with E-state index in [1.54, 1.807) is 17.0 Å². The SMILES string of the molecule is COc1nccnc1O[C@H]1CCN(C(=O)NCc2ccc(F)cc2)C1. The minimum absolute atomic E-state index is 0.165. The second-order valence-electron chi connectivity index (χ2n) is 5.63. The maximum Gasteiger partial charge on any atom is 0.317 e. The fourth-order valence-corrected chi connectivity index (χ4v) is 2.59. The summed E-state index contributed by atoms with van der Waals surface area (Å²) in [5.41, 5.74) is 0.839. The molecule has 2 amide bonds. The smallest absolute Gasteiger partial charge is 0.317 e. The Morgan fingerprint density at radius 1 is 1.28 bits per heavy atom. The normalized spacial score (nSPS) is 16.6. The summed E-state index contributed by atoms with van der Waals surface area (Å²) in [6.07, 6.45) is 3.58. The van der Waals surface area contributed by atoms with Crippen LogP contribution in [0, 0.1) is 5.82 Å². The van der Waals surface area contributed by atoms with Gasteiger partial charge in [0.2, 0.25) is 0 Å². The molecule has 1 aliphatic rings. The highest BCUT2D eigenvalue weighted by atomic mass is 19.1. The lowest BCUT2D eigenvalue weighted by Gasteiger charge is -2.18. The van der Waals surface area contributed by atoms with Gasteiger partial charge in [-0.2, -0.15) is 0 Å². The first-order chi connectivity index (χ1) is 12.2. The molecule has 0 saturated carbocycles. The molecule has 3 rings (SSSR count). The van der Waals surface area contributed by atoms with Crippen molar-refractivity contribution < 1.29 is 18.7 Å². The molecular formula is C17H19FN4O3. The van der Waals surface area contributed by atoms with E-state index >= 15 is 0 Å². The molecule has 1 aromatic carbocycles. The summed E-state index contributed by atoms with van der Waals surface area (Å²) >= 11 is 0. The summed E-state index contributed by atoms with van der Waals surface area (Å²) < 4.78 is 23.8. The summed E-state index contributed by atoms with van der Waals surface area (Å²) in [5, 5.41) is 2.82. The third-order valence-electron chi connectivity index (χ3n) is 3.89. The number of rotatable bonds is 5. The second-order valence-corrected chi connectivity index (χ2v) is 5.63. The van der Waals surface area contributed by atoms with Gasteiger partial charge < -0.3 is 19.7 Å². The summed E-state index contributed by atoms with van der Waals surface area (Å²) in [4.78, 5) is 22.1. The highest BCUT2D eigenvalue weighted by Gasteiger charge is 2.28. The Labute approximate surface area is 144 Å². The first-order valence-corrected chi connectivity index (χ1v) is 7.94. The summed E-state index contributed by atoms with van der Waals surface area (Å²) in [7, 11) is 1.50. The number of methoxy groups -OCH3 is 1. The average Bonchev–Trinajstić information content (AvgIpc) is 3.10. The van der Waals surface area contributed by atoms with Gasteiger partial charge in [0.05, 0.1) is 13.7 Å². The quantitative estimate of drug-likeness (QED) is 0.896. The van der Waals surface area contributed by atoms with E-state index in [1.165, 1.54) is 31.6 Å². The zero-order chi connectivity index (χ0) is 17.6. The summed E-state index contributed by atoms with van der Waals surface area (Å²) in [6, 6.07) is 5.85. The van der Waals surface area contributed by atoms with Crippen LogP contribution in [0.1, 0.15) is 12.0 Å². The van der Waals surface area contributed by atoms with Crippen LogP contribution in [0.25, 0.3) is 0 Å². The van der Waals surface area contributed by atoms with E-state index in [2.05, 4.69) is 15.3 Å². The molecule has 8 heteroatoms. The van der Waals surface area contributed by atoms with Crippen molar-refractivity contribution in [2.24, 2.45) is 0 Å². The maximum absolute atomic E-state index is 12.9. The van der Waals surface area contributed by atoms with Gasteiger partial charge in [0.15, 0.2) is 0 Å². The van der Waals surface area contributed by atoms with Crippen LogP contribution in [0.2, 0.25) is 0 Å². The van der Waals surface area contributed by atoms with Gasteiger partial charge in [-0.15, -0.1) is 0 Å². The molecule has 0 spiro atoms. The molecule has 2 heterocycles.